The van der Waals surface area contributed by atoms with Gasteiger partial charge in [-0.25, -0.2) is 0 Å². The monoisotopic (exact) mass is 382 g/mol. The Morgan fingerprint density at radius 3 is 2.75 bits per heavy atom. The summed E-state index contributed by atoms with van der Waals surface area (Å²) in [5, 5.41) is 10.7. The van der Waals surface area contributed by atoms with Crippen molar-refractivity contribution < 1.29 is 19.5 Å². The van der Waals surface area contributed by atoms with Crippen molar-refractivity contribution in [2.75, 3.05) is 6.54 Å². The number of nitrogens with one attached hydrogen (secondary N) is 1. The van der Waals surface area contributed by atoms with Gasteiger partial charge in [0.05, 0.1) is 10.9 Å². The number of aliphatic carboxylic acids is 1. The number of imide groups is 1. The Hall–Kier alpha value is -1.91. The molecule has 0 aromatic carbocycles. The molecule has 24 heavy (non-hydrogen) atoms. The van der Waals surface area contributed by atoms with Crippen molar-refractivity contribution in [3.63, 3.8) is 0 Å². The SMILES string of the molecule is O=C(O)CN1C(=O)[C@@H]2[C@H](c3cccs3)c3sc(=O)[nH]c3S[C@@H]2C1=O. The van der Waals surface area contributed by atoms with Gasteiger partial charge in [-0.05, 0) is 11.4 Å². The number of carbonyl (C=O) groups is 3. The van der Waals surface area contributed by atoms with E-state index in [-0.39, 0.29) is 4.87 Å². The van der Waals surface area contributed by atoms with E-state index in [9.17, 15) is 19.2 Å². The number of hydrogen-bond acceptors (Lipinski definition) is 7. The number of thiophene rings is 1. The Balaban J connectivity index is 1.84. The van der Waals surface area contributed by atoms with E-state index < -0.39 is 41.4 Å². The molecule has 124 valence electrons. The molecule has 3 atom stereocenters. The topological polar surface area (TPSA) is 108 Å². The molecule has 0 radical (unpaired) electrons. The number of H-pyrrole nitrogens is 1. The zero-order valence-corrected chi connectivity index (χ0v) is 14.4. The van der Waals surface area contributed by atoms with Gasteiger partial charge in [0.1, 0.15) is 11.8 Å². The highest BCUT2D eigenvalue weighted by Gasteiger charge is 2.56. The molecule has 1 fully saturated rings. The van der Waals surface area contributed by atoms with Crippen molar-refractivity contribution in [1.29, 1.82) is 0 Å². The second kappa shape index (κ2) is 5.57. The molecule has 7 nitrogen and oxygen atoms in total. The lowest BCUT2D eigenvalue weighted by molar-refractivity contribution is -0.149. The van der Waals surface area contributed by atoms with Gasteiger partial charge in [-0.3, -0.25) is 24.1 Å². The molecule has 0 unspecified atom stereocenters. The van der Waals surface area contributed by atoms with Crippen LogP contribution in [-0.2, 0) is 14.4 Å². The van der Waals surface area contributed by atoms with Crippen LogP contribution in [0.25, 0.3) is 0 Å². The largest absolute Gasteiger partial charge is 0.480 e. The van der Waals surface area contributed by atoms with E-state index in [1.807, 2.05) is 17.5 Å². The van der Waals surface area contributed by atoms with Gasteiger partial charge in [0.15, 0.2) is 0 Å². The molecule has 0 aliphatic carbocycles. The quantitative estimate of drug-likeness (QED) is 0.772. The lowest BCUT2D eigenvalue weighted by Gasteiger charge is -2.28. The van der Waals surface area contributed by atoms with Crippen LogP contribution in [0.4, 0.5) is 0 Å². The number of nitrogens with zero attached hydrogens (tertiary/aromatic N) is 1. The first-order valence-electron chi connectivity index (χ1n) is 6.97. The molecule has 1 saturated heterocycles. The smallest absolute Gasteiger partial charge is 0.323 e. The average molecular weight is 382 g/mol. The molecule has 2 aromatic heterocycles. The number of hydrogen-bond donors (Lipinski definition) is 2. The van der Waals surface area contributed by atoms with E-state index in [1.54, 1.807) is 0 Å². The van der Waals surface area contributed by atoms with E-state index in [2.05, 4.69) is 4.98 Å². The van der Waals surface area contributed by atoms with E-state index in [0.29, 0.717) is 5.03 Å². The van der Waals surface area contributed by atoms with Gasteiger partial charge >= 0.3 is 10.8 Å². The molecule has 2 aliphatic rings. The number of carboxylic acids is 1. The van der Waals surface area contributed by atoms with Crippen molar-refractivity contribution in [2.24, 2.45) is 5.92 Å². The van der Waals surface area contributed by atoms with Gasteiger partial charge in [0, 0.05) is 15.7 Å². The predicted molar refractivity (Wildman–Crippen MR) is 88.6 cm³/mol. The van der Waals surface area contributed by atoms with Crippen LogP contribution in [0.3, 0.4) is 0 Å². The number of rotatable bonds is 3. The van der Waals surface area contributed by atoms with Crippen LogP contribution in [-0.4, -0.2) is 44.6 Å². The molecule has 0 bridgehead atoms. The average Bonchev–Trinajstić information content (AvgIpc) is 3.21. The molecule has 2 aliphatic heterocycles. The summed E-state index contributed by atoms with van der Waals surface area (Å²) < 4.78 is 0. The number of thiazole rings is 1. The molecule has 4 rings (SSSR count). The van der Waals surface area contributed by atoms with Crippen molar-refractivity contribution in [1.82, 2.24) is 9.88 Å². The summed E-state index contributed by atoms with van der Waals surface area (Å²) in [4.78, 5) is 53.0. The van der Waals surface area contributed by atoms with Crippen molar-refractivity contribution in [2.45, 2.75) is 16.2 Å². The predicted octanol–water partition coefficient (Wildman–Crippen LogP) is 1.17. The molecule has 2 N–H and O–H groups in total. The number of thioether (sulfide) groups is 1. The van der Waals surface area contributed by atoms with Gasteiger partial charge in [0.25, 0.3) is 0 Å². The van der Waals surface area contributed by atoms with Gasteiger partial charge in [-0.15, -0.1) is 11.3 Å². The fourth-order valence-corrected chi connectivity index (χ4v) is 6.63. The minimum atomic E-state index is -1.23. The van der Waals surface area contributed by atoms with Crippen molar-refractivity contribution in [3.8, 4) is 0 Å². The van der Waals surface area contributed by atoms with Gasteiger partial charge < -0.3 is 10.1 Å². The third-order valence-electron chi connectivity index (χ3n) is 4.06. The summed E-state index contributed by atoms with van der Waals surface area (Å²) in [5.41, 5.74) is 0. The van der Waals surface area contributed by atoms with Gasteiger partial charge in [-0.1, -0.05) is 29.2 Å². The highest BCUT2D eigenvalue weighted by Crippen LogP contribution is 2.53. The number of carboxylic acid groups (broad SMARTS) is 1. The summed E-state index contributed by atoms with van der Waals surface area (Å²) in [5.74, 6) is -3.29. The fourth-order valence-electron chi connectivity index (χ4n) is 3.14. The molecule has 2 amide bonds. The number of aromatic amines is 1. The number of carbonyl (C=O) groups excluding carboxylic acids is 2. The maximum Gasteiger partial charge on any atom is 0.323 e. The highest BCUT2D eigenvalue weighted by molar-refractivity contribution is 8.00. The lowest BCUT2D eigenvalue weighted by Crippen LogP contribution is -2.36. The minimum absolute atomic E-state index is 0.226. The van der Waals surface area contributed by atoms with E-state index in [4.69, 9.17) is 5.11 Å². The van der Waals surface area contributed by atoms with Gasteiger partial charge in [-0.2, -0.15) is 0 Å². The zero-order chi connectivity index (χ0) is 17.0. The second-order valence-electron chi connectivity index (χ2n) is 5.42. The molecular weight excluding hydrogens is 372 g/mol. The van der Waals surface area contributed by atoms with E-state index >= 15 is 0 Å². The first-order chi connectivity index (χ1) is 11.5. The third kappa shape index (κ3) is 2.25. The molecule has 0 spiro atoms. The normalized spacial score (nSPS) is 25.7. The Labute approximate surface area is 147 Å². The number of likely N-dealkylation sites (tertiary alicyclic amines) is 1. The Morgan fingerprint density at radius 2 is 2.08 bits per heavy atom. The van der Waals surface area contributed by atoms with Crippen LogP contribution < -0.4 is 4.87 Å². The highest BCUT2D eigenvalue weighted by atomic mass is 32.2. The summed E-state index contributed by atoms with van der Waals surface area (Å²) in [6, 6.07) is 3.72. The number of amides is 2. The van der Waals surface area contributed by atoms with Gasteiger partial charge in [0.2, 0.25) is 11.8 Å². The molecule has 4 heterocycles. The minimum Gasteiger partial charge on any atom is -0.480 e. The van der Waals surface area contributed by atoms with E-state index in [0.717, 1.165) is 37.8 Å². The van der Waals surface area contributed by atoms with Crippen LogP contribution in [0.1, 0.15) is 15.7 Å². The maximum atomic E-state index is 12.8. The Bertz CT molecular complexity index is 900. The molecule has 2 aromatic rings. The third-order valence-corrected chi connectivity index (χ3v) is 7.41. The standard InChI is InChI=1S/C14H10N2O5S3/c17-6(18)4-16-12(19)8-7(5-2-1-3-22-5)9-11(15-14(21)24-9)23-10(8)13(16)20/h1-3,7-8,10H,4H2,(H,15,21)(H,17,18)/t7-,8+,10-/m0/s1. The zero-order valence-electron chi connectivity index (χ0n) is 11.9. The van der Waals surface area contributed by atoms with Crippen LogP contribution in [0.5, 0.6) is 0 Å². The molecule has 0 saturated carbocycles. The lowest BCUT2D eigenvalue weighted by atomic mass is 9.87. The van der Waals surface area contributed by atoms with Crippen LogP contribution in [0, 0.1) is 5.92 Å². The number of fused-ring (bicyclic) bond motifs is 2. The second-order valence-corrected chi connectivity index (χ2v) is 8.57. The summed E-state index contributed by atoms with van der Waals surface area (Å²) >= 11 is 3.64. The summed E-state index contributed by atoms with van der Waals surface area (Å²) in [7, 11) is 0. The Kier molecular flexibility index (Phi) is 3.62. The van der Waals surface area contributed by atoms with E-state index in [1.165, 1.54) is 11.3 Å². The van der Waals surface area contributed by atoms with Crippen molar-refractivity contribution in [3.05, 3.63) is 36.9 Å². The first kappa shape index (κ1) is 15.6. The van der Waals surface area contributed by atoms with Crippen LogP contribution in [0.15, 0.2) is 27.3 Å². The number of aromatic nitrogens is 1. The van der Waals surface area contributed by atoms with Crippen LogP contribution >= 0.6 is 34.4 Å². The molecule has 10 heteroatoms. The summed E-state index contributed by atoms with van der Waals surface area (Å²) in [6.07, 6.45) is 0. The van der Waals surface area contributed by atoms with Crippen LogP contribution in [0.2, 0.25) is 0 Å². The Morgan fingerprint density at radius 1 is 1.29 bits per heavy atom. The first-order valence-corrected chi connectivity index (χ1v) is 9.55. The summed E-state index contributed by atoms with van der Waals surface area (Å²) in [6.45, 7) is -0.632. The van der Waals surface area contributed by atoms with Crippen molar-refractivity contribution >= 4 is 52.2 Å². The maximum absolute atomic E-state index is 12.8. The fraction of sp³-hybridized carbons (Fsp3) is 0.286. The molecular formula is C14H10N2O5S3.